The van der Waals surface area contributed by atoms with Crippen LogP contribution < -0.4 is 5.73 Å². The number of nitrogens with two attached hydrogens (primary N) is 1. The average molecular weight is 255 g/mol. The van der Waals surface area contributed by atoms with E-state index in [9.17, 15) is 5.11 Å². The fourth-order valence-electron chi connectivity index (χ4n) is 3.13. The zero-order chi connectivity index (χ0) is 13.5. The molecule has 2 nitrogen and oxygen atoms in total. The second-order valence-corrected chi connectivity index (χ2v) is 5.96. The molecule has 2 heteroatoms. The van der Waals surface area contributed by atoms with Crippen LogP contribution >= 0.6 is 0 Å². The molecule has 1 fully saturated rings. The molecule has 0 bridgehead atoms. The number of hydrogen-bond acceptors (Lipinski definition) is 2. The maximum atomic E-state index is 9.64. The Hall–Kier alpha value is -1.38. The van der Waals surface area contributed by atoms with E-state index in [1.54, 1.807) is 0 Å². The highest BCUT2D eigenvalue weighted by atomic mass is 16.3. The Balaban J connectivity index is 1.99. The van der Waals surface area contributed by atoms with Crippen LogP contribution in [-0.4, -0.2) is 11.7 Å². The molecule has 0 amide bonds. The first kappa shape index (κ1) is 12.6. The molecular weight excluding hydrogens is 234 g/mol. The summed E-state index contributed by atoms with van der Waals surface area (Å²) in [5.74, 6) is 0. The van der Waals surface area contributed by atoms with Crippen molar-refractivity contribution in [2.75, 3.05) is 6.61 Å². The molecule has 3 N–H and O–H groups in total. The Morgan fingerprint density at radius 1 is 1.16 bits per heavy atom. The maximum Gasteiger partial charge on any atom is 0.0505 e. The van der Waals surface area contributed by atoms with Crippen molar-refractivity contribution in [3.05, 3.63) is 47.5 Å². The van der Waals surface area contributed by atoms with Crippen LogP contribution in [0.1, 0.15) is 36.4 Å². The number of rotatable bonds is 3. The van der Waals surface area contributed by atoms with E-state index in [-0.39, 0.29) is 18.1 Å². The van der Waals surface area contributed by atoms with Gasteiger partial charge < -0.3 is 10.8 Å². The topological polar surface area (TPSA) is 46.2 Å². The van der Waals surface area contributed by atoms with Crippen LogP contribution in [0.2, 0.25) is 0 Å². The number of aliphatic hydroxyl groups is 1. The van der Waals surface area contributed by atoms with Crippen LogP contribution in [0.5, 0.6) is 0 Å². The fourth-order valence-corrected chi connectivity index (χ4v) is 3.13. The van der Waals surface area contributed by atoms with E-state index < -0.39 is 0 Å². The molecule has 19 heavy (non-hydrogen) atoms. The molecule has 0 saturated heterocycles. The summed E-state index contributed by atoms with van der Waals surface area (Å²) in [6, 6.07) is 12.8. The zero-order valence-electron chi connectivity index (χ0n) is 11.4. The number of hydrogen-bond donors (Lipinski definition) is 2. The number of benzene rings is 2. The van der Waals surface area contributed by atoms with Gasteiger partial charge in [0.15, 0.2) is 0 Å². The lowest BCUT2D eigenvalue weighted by molar-refractivity contribution is 0.0184. The fraction of sp³-hybridized carbons (Fsp3) is 0.412. The molecule has 3 rings (SSSR count). The molecule has 2 aromatic rings. The third-order valence-electron chi connectivity index (χ3n) is 4.70. The zero-order valence-corrected chi connectivity index (χ0v) is 11.4. The van der Waals surface area contributed by atoms with Crippen LogP contribution in [0.4, 0.5) is 0 Å². The van der Waals surface area contributed by atoms with Crippen LogP contribution in [0.25, 0.3) is 10.8 Å². The molecule has 1 aliphatic rings. The van der Waals surface area contributed by atoms with E-state index in [2.05, 4.69) is 43.3 Å². The summed E-state index contributed by atoms with van der Waals surface area (Å²) in [5, 5.41) is 12.1. The first-order valence-corrected chi connectivity index (χ1v) is 7.01. The first-order valence-electron chi connectivity index (χ1n) is 7.01. The predicted molar refractivity (Wildman–Crippen MR) is 79.0 cm³/mol. The lowest BCUT2D eigenvalue weighted by Gasteiger charge is -2.45. The van der Waals surface area contributed by atoms with E-state index in [0.717, 1.165) is 18.4 Å². The Kier molecular flexibility index (Phi) is 3.08. The van der Waals surface area contributed by atoms with Crippen LogP contribution in [0.3, 0.4) is 0 Å². The van der Waals surface area contributed by atoms with Gasteiger partial charge in [0.1, 0.15) is 0 Å². The molecule has 0 heterocycles. The molecule has 1 atom stereocenters. The first-order chi connectivity index (χ1) is 9.14. The second kappa shape index (κ2) is 4.62. The summed E-state index contributed by atoms with van der Waals surface area (Å²) in [7, 11) is 0. The molecule has 0 aromatic heterocycles. The van der Waals surface area contributed by atoms with Gasteiger partial charge in [-0.15, -0.1) is 0 Å². The minimum atomic E-state index is -0.0849. The van der Waals surface area contributed by atoms with Crippen molar-refractivity contribution in [3.63, 3.8) is 0 Å². The van der Waals surface area contributed by atoms with Gasteiger partial charge in [-0.25, -0.2) is 0 Å². The smallest absolute Gasteiger partial charge is 0.0505 e. The van der Waals surface area contributed by atoms with Crippen molar-refractivity contribution in [2.24, 2.45) is 11.1 Å². The van der Waals surface area contributed by atoms with E-state index >= 15 is 0 Å². The summed E-state index contributed by atoms with van der Waals surface area (Å²) in [6.45, 7) is 2.30. The van der Waals surface area contributed by atoms with Gasteiger partial charge in [0.25, 0.3) is 0 Å². The average Bonchev–Trinajstić information content (AvgIpc) is 2.37. The standard InChI is InChI=1S/C17H21NO/c1-12-3-4-14-10-15(6-5-13(14)9-12)16(18)17(11-19)7-2-8-17/h3-6,9-10,16,19H,2,7-8,11,18H2,1H3. The van der Waals surface area contributed by atoms with Gasteiger partial charge >= 0.3 is 0 Å². The molecule has 1 unspecified atom stereocenters. The Morgan fingerprint density at radius 2 is 1.84 bits per heavy atom. The minimum Gasteiger partial charge on any atom is -0.396 e. The van der Waals surface area contributed by atoms with Crippen molar-refractivity contribution >= 4 is 10.8 Å². The molecule has 1 saturated carbocycles. The predicted octanol–water partition coefficient (Wildman–Crippen LogP) is 3.31. The monoisotopic (exact) mass is 255 g/mol. The Morgan fingerprint density at radius 3 is 2.47 bits per heavy atom. The Labute approximate surface area is 114 Å². The van der Waals surface area contributed by atoms with Crippen LogP contribution in [0.15, 0.2) is 36.4 Å². The van der Waals surface area contributed by atoms with Gasteiger partial charge in [-0.2, -0.15) is 0 Å². The van der Waals surface area contributed by atoms with E-state index in [1.807, 2.05) is 0 Å². The summed E-state index contributed by atoms with van der Waals surface area (Å²) in [6.07, 6.45) is 3.26. The van der Waals surface area contributed by atoms with Crippen LogP contribution in [0, 0.1) is 12.3 Å². The third kappa shape index (κ3) is 2.05. The van der Waals surface area contributed by atoms with E-state index in [0.29, 0.717) is 0 Å². The highest BCUT2D eigenvalue weighted by molar-refractivity contribution is 5.83. The van der Waals surface area contributed by atoms with Crippen molar-refractivity contribution in [1.82, 2.24) is 0 Å². The summed E-state index contributed by atoms with van der Waals surface area (Å²) < 4.78 is 0. The molecule has 2 aromatic carbocycles. The second-order valence-electron chi connectivity index (χ2n) is 5.96. The van der Waals surface area contributed by atoms with E-state index in [1.165, 1.54) is 22.8 Å². The summed E-state index contributed by atoms with van der Waals surface area (Å²) in [4.78, 5) is 0. The van der Waals surface area contributed by atoms with Crippen molar-refractivity contribution in [3.8, 4) is 0 Å². The highest BCUT2D eigenvalue weighted by Gasteiger charge is 2.42. The third-order valence-corrected chi connectivity index (χ3v) is 4.70. The normalized spacial score (nSPS) is 19.1. The quantitative estimate of drug-likeness (QED) is 0.884. The largest absolute Gasteiger partial charge is 0.396 e. The number of aliphatic hydroxyl groups excluding tert-OH is 1. The lowest BCUT2D eigenvalue weighted by atomic mass is 9.63. The van der Waals surface area contributed by atoms with Gasteiger partial charge in [-0.05, 0) is 42.2 Å². The minimum absolute atomic E-state index is 0.0584. The summed E-state index contributed by atoms with van der Waals surface area (Å²) >= 11 is 0. The number of aryl methyl sites for hydroxylation is 1. The number of fused-ring (bicyclic) bond motifs is 1. The van der Waals surface area contributed by atoms with Gasteiger partial charge in [0, 0.05) is 11.5 Å². The molecule has 100 valence electrons. The van der Waals surface area contributed by atoms with Gasteiger partial charge in [0.05, 0.1) is 6.61 Å². The maximum absolute atomic E-state index is 9.64. The molecule has 0 aliphatic heterocycles. The Bertz CT molecular complexity index is 596. The van der Waals surface area contributed by atoms with Gasteiger partial charge in [-0.1, -0.05) is 42.3 Å². The van der Waals surface area contributed by atoms with Gasteiger partial charge in [-0.3, -0.25) is 0 Å². The molecular formula is C17H21NO. The SMILES string of the molecule is Cc1ccc2cc(C(N)C3(CO)CCC3)ccc2c1. The van der Waals surface area contributed by atoms with E-state index in [4.69, 9.17) is 5.73 Å². The lowest BCUT2D eigenvalue weighted by Crippen LogP contribution is -2.43. The van der Waals surface area contributed by atoms with Crippen molar-refractivity contribution < 1.29 is 5.11 Å². The summed E-state index contributed by atoms with van der Waals surface area (Å²) in [5.41, 5.74) is 8.74. The van der Waals surface area contributed by atoms with Crippen molar-refractivity contribution in [2.45, 2.75) is 32.2 Å². The van der Waals surface area contributed by atoms with Crippen LogP contribution in [-0.2, 0) is 0 Å². The van der Waals surface area contributed by atoms with Crippen molar-refractivity contribution in [1.29, 1.82) is 0 Å². The molecule has 1 aliphatic carbocycles. The molecule has 0 radical (unpaired) electrons. The highest BCUT2D eigenvalue weighted by Crippen LogP contribution is 2.48. The molecule has 0 spiro atoms. The van der Waals surface area contributed by atoms with Gasteiger partial charge in [0.2, 0.25) is 0 Å².